The Morgan fingerprint density at radius 2 is 2.20 bits per heavy atom. The largest absolute Gasteiger partial charge is 0.467 e. The second-order valence-corrected chi connectivity index (χ2v) is 3.36. The van der Waals surface area contributed by atoms with Crippen LogP contribution in [0.3, 0.4) is 0 Å². The first-order chi connectivity index (χ1) is 7.19. The topological polar surface area (TPSA) is 45.5 Å². The zero-order valence-corrected chi connectivity index (χ0v) is 9.49. The molecule has 1 N–H and O–H groups in total. The lowest BCUT2D eigenvalue weighted by Crippen LogP contribution is -2.40. The summed E-state index contributed by atoms with van der Waals surface area (Å²) < 4.78 is 5.21. The Balaban J connectivity index is 2.51. The number of furan rings is 1. The lowest BCUT2D eigenvalue weighted by atomic mass is 10.2. The average molecular weight is 210 g/mol. The summed E-state index contributed by atoms with van der Waals surface area (Å²) in [5.41, 5.74) is 0. The molecule has 0 saturated heterocycles. The molecule has 1 heterocycles. The van der Waals surface area contributed by atoms with E-state index in [2.05, 4.69) is 5.32 Å². The molecule has 4 nitrogen and oxygen atoms in total. The summed E-state index contributed by atoms with van der Waals surface area (Å²) in [5, 5.41) is 2.88. The molecule has 0 aliphatic rings. The normalized spacial score (nSPS) is 12.2. The molecule has 0 bridgehead atoms. The number of nitrogens with one attached hydrogen (secondary N) is 1. The Labute approximate surface area is 90.3 Å². The van der Waals surface area contributed by atoms with E-state index in [9.17, 15) is 4.79 Å². The minimum atomic E-state index is -0.0897. The van der Waals surface area contributed by atoms with Crippen molar-refractivity contribution in [1.82, 2.24) is 10.2 Å². The number of nitrogens with zero attached hydrogens (tertiary/aromatic N) is 1. The predicted molar refractivity (Wildman–Crippen MR) is 58.6 cm³/mol. The zero-order chi connectivity index (χ0) is 11.3. The van der Waals surface area contributed by atoms with E-state index in [1.54, 1.807) is 11.2 Å². The summed E-state index contributed by atoms with van der Waals surface area (Å²) in [5.74, 6) is 0.774. The van der Waals surface area contributed by atoms with E-state index >= 15 is 0 Å². The molecule has 15 heavy (non-hydrogen) atoms. The molecule has 0 saturated carbocycles. The fourth-order valence-corrected chi connectivity index (χ4v) is 1.40. The van der Waals surface area contributed by atoms with Crippen molar-refractivity contribution in [2.75, 3.05) is 13.1 Å². The first-order valence-corrected chi connectivity index (χ1v) is 5.27. The van der Waals surface area contributed by atoms with E-state index in [0.717, 1.165) is 5.76 Å². The third-order valence-corrected chi connectivity index (χ3v) is 2.36. The molecule has 1 atom stereocenters. The van der Waals surface area contributed by atoms with Crippen LogP contribution in [0.5, 0.6) is 0 Å². The van der Waals surface area contributed by atoms with Crippen molar-refractivity contribution in [3.63, 3.8) is 0 Å². The first kappa shape index (κ1) is 11.6. The van der Waals surface area contributed by atoms with Crippen LogP contribution in [0.1, 0.15) is 32.6 Å². The van der Waals surface area contributed by atoms with Crippen LogP contribution in [-0.2, 0) is 0 Å². The number of carbonyl (C=O) groups excluding carboxylic acids is 1. The first-order valence-electron chi connectivity index (χ1n) is 5.27. The number of carbonyl (C=O) groups is 1. The number of hydrogen-bond acceptors (Lipinski definition) is 2. The van der Waals surface area contributed by atoms with Gasteiger partial charge in [0.1, 0.15) is 5.76 Å². The van der Waals surface area contributed by atoms with Gasteiger partial charge in [0, 0.05) is 13.1 Å². The third-order valence-electron chi connectivity index (χ3n) is 2.36. The zero-order valence-electron chi connectivity index (χ0n) is 9.49. The molecule has 0 aliphatic carbocycles. The van der Waals surface area contributed by atoms with Gasteiger partial charge in [0.05, 0.1) is 12.3 Å². The molecule has 84 valence electrons. The summed E-state index contributed by atoms with van der Waals surface area (Å²) >= 11 is 0. The highest BCUT2D eigenvalue weighted by atomic mass is 16.3. The van der Waals surface area contributed by atoms with Crippen LogP contribution in [0, 0.1) is 0 Å². The molecule has 4 heteroatoms. The van der Waals surface area contributed by atoms with E-state index in [4.69, 9.17) is 4.42 Å². The second kappa shape index (κ2) is 5.44. The van der Waals surface area contributed by atoms with Crippen LogP contribution in [0.15, 0.2) is 22.8 Å². The predicted octanol–water partition coefficient (Wildman–Crippen LogP) is 2.39. The maximum Gasteiger partial charge on any atom is 0.317 e. The van der Waals surface area contributed by atoms with E-state index in [0.29, 0.717) is 13.1 Å². The van der Waals surface area contributed by atoms with Gasteiger partial charge >= 0.3 is 6.03 Å². The second-order valence-electron chi connectivity index (χ2n) is 3.36. The summed E-state index contributed by atoms with van der Waals surface area (Å²) in [6.07, 6.45) is 1.61. The Bertz CT molecular complexity index is 292. The monoisotopic (exact) mass is 210 g/mol. The molecule has 0 radical (unpaired) electrons. The molecule has 1 unspecified atom stereocenters. The van der Waals surface area contributed by atoms with Crippen LogP contribution in [0.4, 0.5) is 4.79 Å². The van der Waals surface area contributed by atoms with Crippen LogP contribution in [-0.4, -0.2) is 24.0 Å². The molecule has 2 amide bonds. The average Bonchev–Trinajstić information content (AvgIpc) is 2.72. The Hall–Kier alpha value is -1.45. The molecule has 1 aromatic rings. The van der Waals surface area contributed by atoms with Gasteiger partial charge < -0.3 is 14.6 Å². The van der Waals surface area contributed by atoms with Crippen molar-refractivity contribution in [2.45, 2.75) is 26.8 Å². The van der Waals surface area contributed by atoms with Gasteiger partial charge in [-0.2, -0.15) is 0 Å². The smallest absolute Gasteiger partial charge is 0.317 e. The molecular weight excluding hydrogens is 192 g/mol. The highest BCUT2D eigenvalue weighted by Crippen LogP contribution is 2.12. The third kappa shape index (κ3) is 3.01. The minimum Gasteiger partial charge on any atom is -0.467 e. The highest BCUT2D eigenvalue weighted by Gasteiger charge is 2.14. The Morgan fingerprint density at radius 3 is 2.67 bits per heavy atom. The van der Waals surface area contributed by atoms with Crippen LogP contribution in [0.2, 0.25) is 0 Å². The lowest BCUT2D eigenvalue weighted by Gasteiger charge is -2.21. The van der Waals surface area contributed by atoms with Crippen LogP contribution < -0.4 is 5.32 Å². The van der Waals surface area contributed by atoms with Crippen molar-refractivity contribution in [2.24, 2.45) is 0 Å². The molecule has 1 rings (SSSR count). The van der Waals surface area contributed by atoms with Gasteiger partial charge in [-0.3, -0.25) is 0 Å². The SMILES string of the molecule is CCN(CC)C(=O)NC(C)c1ccco1. The van der Waals surface area contributed by atoms with Crippen molar-refractivity contribution >= 4 is 6.03 Å². The minimum absolute atomic E-state index is 0.0519. The highest BCUT2D eigenvalue weighted by molar-refractivity contribution is 5.74. The van der Waals surface area contributed by atoms with Crippen molar-refractivity contribution in [3.05, 3.63) is 24.2 Å². The van der Waals surface area contributed by atoms with E-state index in [1.165, 1.54) is 0 Å². The number of urea groups is 1. The summed E-state index contributed by atoms with van der Waals surface area (Å²) in [6, 6.07) is 3.53. The standard InChI is InChI=1S/C11H18N2O2/c1-4-13(5-2)11(14)12-9(3)10-7-6-8-15-10/h6-9H,4-5H2,1-3H3,(H,12,14). The van der Waals surface area contributed by atoms with Crippen LogP contribution >= 0.6 is 0 Å². The molecule has 0 fully saturated rings. The summed E-state index contributed by atoms with van der Waals surface area (Å²) in [7, 11) is 0. The van der Waals surface area contributed by atoms with Crippen LogP contribution in [0.25, 0.3) is 0 Å². The molecule has 0 aliphatic heterocycles. The Morgan fingerprint density at radius 1 is 1.53 bits per heavy atom. The quantitative estimate of drug-likeness (QED) is 0.829. The number of amides is 2. The molecule has 0 spiro atoms. The summed E-state index contributed by atoms with van der Waals surface area (Å²) in [4.78, 5) is 13.4. The number of hydrogen-bond donors (Lipinski definition) is 1. The fraction of sp³-hybridized carbons (Fsp3) is 0.545. The van der Waals surface area contributed by atoms with E-state index in [-0.39, 0.29) is 12.1 Å². The molecule has 0 aromatic carbocycles. The van der Waals surface area contributed by atoms with E-state index < -0.39 is 0 Å². The van der Waals surface area contributed by atoms with Crippen molar-refractivity contribution in [3.8, 4) is 0 Å². The van der Waals surface area contributed by atoms with Crippen molar-refractivity contribution < 1.29 is 9.21 Å². The van der Waals surface area contributed by atoms with Gasteiger partial charge in [0.15, 0.2) is 0 Å². The maximum absolute atomic E-state index is 11.7. The molecule has 1 aromatic heterocycles. The number of rotatable bonds is 4. The van der Waals surface area contributed by atoms with Gasteiger partial charge in [-0.1, -0.05) is 0 Å². The lowest BCUT2D eigenvalue weighted by molar-refractivity contribution is 0.198. The van der Waals surface area contributed by atoms with Gasteiger partial charge in [-0.05, 0) is 32.9 Å². The van der Waals surface area contributed by atoms with E-state index in [1.807, 2.05) is 32.9 Å². The van der Waals surface area contributed by atoms with Gasteiger partial charge in [0.2, 0.25) is 0 Å². The Kier molecular flexibility index (Phi) is 4.21. The van der Waals surface area contributed by atoms with Gasteiger partial charge in [-0.15, -0.1) is 0 Å². The van der Waals surface area contributed by atoms with Crippen molar-refractivity contribution in [1.29, 1.82) is 0 Å². The van der Waals surface area contributed by atoms with Gasteiger partial charge in [0.25, 0.3) is 0 Å². The maximum atomic E-state index is 11.7. The summed E-state index contributed by atoms with van der Waals surface area (Å²) in [6.45, 7) is 7.25. The fourth-order valence-electron chi connectivity index (χ4n) is 1.40. The van der Waals surface area contributed by atoms with Gasteiger partial charge in [-0.25, -0.2) is 4.79 Å². The molecular formula is C11H18N2O2.